The minimum absolute atomic E-state index is 0. The van der Waals surface area contributed by atoms with Gasteiger partial charge >= 0.3 is 51.4 Å². The first-order valence-electron chi connectivity index (χ1n) is 1.41. The van der Waals surface area contributed by atoms with E-state index in [0.717, 1.165) is 0 Å². The van der Waals surface area contributed by atoms with Crippen LogP contribution >= 0.6 is 0 Å². The van der Waals surface area contributed by atoms with E-state index >= 15 is 0 Å². The molecule has 0 aromatic carbocycles. The van der Waals surface area contributed by atoms with Crippen LogP contribution < -0.4 is 51.4 Å². The summed E-state index contributed by atoms with van der Waals surface area (Å²) in [5.74, 6) is 0. The van der Waals surface area contributed by atoms with Crippen molar-refractivity contribution >= 4 is 0 Å². The van der Waals surface area contributed by atoms with Gasteiger partial charge in [-0.1, -0.05) is 0 Å². The topological polar surface area (TPSA) is 0 Å². The van der Waals surface area contributed by atoms with Crippen molar-refractivity contribution in [1.82, 2.24) is 0 Å². The Hall–Kier alpha value is 2.74. The number of rotatable bonds is 0. The van der Waals surface area contributed by atoms with E-state index in [1.165, 1.54) is 0 Å². The smallest absolute Gasteiger partial charge is 0.358 e. The molecule has 0 amide bonds. The number of hydrogen-bond acceptors (Lipinski definition) is 0. The van der Waals surface area contributed by atoms with Crippen molar-refractivity contribution in [2.24, 2.45) is 0 Å². The molecule has 0 saturated carbocycles. The Balaban J connectivity index is -0.00000000267. The van der Waals surface area contributed by atoms with Crippen LogP contribution in [0.2, 0.25) is 0 Å². The monoisotopic (exact) mass is 201 g/mol. The second-order valence-electron chi connectivity index (χ2n) is 0. The molecule has 0 heterocycles. The molecule has 2 heteroatoms. The molecule has 0 aromatic heterocycles. The Bertz CT molecular complexity index is 8.04. The average Bonchev–Trinajstić information content (AvgIpc) is 1.50. The molecule has 1 radical (unpaired) electrons. The summed E-state index contributed by atoms with van der Waals surface area (Å²) in [6.07, 6.45) is 0. The Morgan fingerprint density at radius 1 is 0.857 bits per heavy atom. The summed E-state index contributed by atoms with van der Waals surface area (Å²) >= 11 is 0. The third-order valence-electron chi connectivity index (χ3n) is 0. The predicted molar refractivity (Wildman–Crippen MR) is 28.5 cm³/mol. The van der Waals surface area contributed by atoms with Gasteiger partial charge in [-0.3, -0.25) is 0 Å². The van der Waals surface area contributed by atoms with Crippen LogP contribution in [0.15, 0.2) is 0 Å². The van der Waals surface area contributed by atoms with E-state index in [1.54, 1.807) is 13.8 Å². The van der Waals surface area contributed by atoms with Crippen molar-refractivity contribution in [1.29, 1.82) is 0 Å². The van der Waals surface area contributed by atoms with Crippen LogP contribution in [0.4, 0.5) is 0 Å². The Kier molecular flexibility index (Phi) is 330. The van der Waals surface area contributed by atoms with Gasteiger partial charge in [-0.2, -0.15) is 13.8 Å². The van der Waals surface area contributed by atoms with Gasteiger partial charge < -0.3 is 21.3 Å². The summed E-state index contributed by atoms with van der Waals surface area (Å²) in [6.45, 7) is 10.0. The van der Waals surface area contributed by atoms with Crippen molar-refractivity contribution in [3.8, 4) is 0 Å². The molecule has 0 nitrogen and oxygen atoms in total. The van der Waals surface area contributed by atoms with Gasteiger partial charge in [0.25, 0.3) is 0 Å². The third kappa shape index (κ3) is 52.9. The maximum absolute atomic E-state index is 3.25. The molecule has 39 valence electrons. The van der Waals surface area contributed by atoms with Gasteiger partial charge in [0, 0.05) is 32.7 Å². The normalized spacial score (nSPS) is 1.71. The molecule has 0 aliphatic carbocycles. The molecule has 0 bridgehead atoms. The molecule has 7 heavy (non-hydrogen) atoms. The van der Waals surface area contributed by atoms with Crippen LogP contribution in [-0.4, -0.2) is 0 Å². The predicted octanol–water partition coefficient (Wildman–Crippen LogP) is -0.867. The van der Waals surface area contributed by atoms with E-state index in [1.807, 2.05) is 0 Å². The van der Waals surface area contributed by atoms with Crippen LogP contribution in [0.5, 0.6) is 0 Å². The number of hydrogen-bond donors (Lipinski definition) is 0. The van der Waals surface area contributed by atoms with E-state index in [2.05, 4.69) is 13.8 Å². The zero-order valence-corrected chi connectivity index (χ0v) is 12.0. The fraction of sp³-hybridized carbons (Fsp3) is 0.400. The second kappa shape index (κ2) is 69.7. The quantitative estimate of drug-likeness (QED) is 0.353. The van der Waals surface area contributed by atoms with Gasteiger partial charge in [-0.05, 0) is 0 Å². The fourth-order valence-corrected chi connectivity index (χ4v) is 0. The van der Waals surface area contributed by atoms with Gasteiger partial charge in [0.05, 0.1) is 0 Å². The van der Waals surface area contributed by atoms with E-state index < -0.39 is 0 Å². The molecule has 0 aliphatic heterocycles. The van der Waals surface area contributed by atoms with Crippen LogP contribution in [0.25, 0.3) is 0 Å². The molecular formula is C5H13KY-2. The molecule has 0 N–H and O–H groups in total. The maximum atomic E-state index is 3.25. The van der Waals surface area contributed by atoms with Crippen molar-refractivity contribution in [3.05, 3.63) is 21.3 Å². The van der Waals surface area contributed by atoms with Crippen molar-refractivity contribution < 1.29 is 84.1 Å². The summed E-state index contributed by atoms with van der Waals surface area (Å²) in [5.41, 5.74) is 0. The minimum atomic E-state index is 0. The zero-order valence-electron chi connectivity index (χ0n) is 5.99. The molecule has 0 fully saturated rings. The van der Waals surface area contributed by atoms with E-state index in [4.69, 9.17) is 0 Å². The molecular weight excluding hydrogens is 188 g/mol. The van der Waals surface area contributed by atoms with Gasteiger partial charge in [-0.25, -0.2) is 0 Å². The Morgan fingerprint density at radius 2 is 0.857 bits per heavy atom. The summed E-state index contributed by atoms with van der Waals surface area (Å²) in [4.78, 5) is 0. The zero-order chi connectivity index (χ0) is 4.00. The van der Waals surface area contributed by atoms with E-state index in [9.17, 15) is 0 Å². The summed E-state index contributed by atoms with van der Waals surface area (Å²) in [6, 6.07) is 0. The van der Waals surface area contributed by atoms with Crippen LogP contribution in [0.1, 0.15) is 13.8 Å². The first kappa shape index (κ1) is 33.1. The van der Waals surface area contributed by atoms with Crippen LogP contribution in [-0.2, 0) is 32.7 Å². The summed E-state index contributed by atoms with van der Waals surface area (Å²) in [7, 11) is 0. The van der Waals surface area contributed by atoms with Gasteiger partial charge in [0.15, 0.2) is 0 Å². The Labute approximate surface area is 117 Å². The SMILES string of the molecule is [CH2-]C.[CH2-]C.[CH3-].[K+].[Y]. The molecule has 0 aromatic rings. The molecule has 0 spiro atoms. The van der Waals surface area contributed by atoms with E-state index in [0.29, 0.717) is 0 Å². The summed E-state index contributed by atoms with van der Waals surface area (Å²) in [5, 5.41) is 0. The van der Waals surface area contributed by atoms with Crippen molar-refractivity contribution in [3.63, 3.8) is 0 Å². The molecule has 0 atom stereocenters. The fourth-order valence-electron chi connectivity index (χ4n) is 0. The molecule has 0 aliphatic rings. The Morgan fingerprint density at radius 3 is 0.857 bits per heavy atom. The third-order valence-corrected chi connectivity index (χ3v) is 0. The maximum Gasteiger partial charge on any atom is 1.00 e. The van der Waals surface area contributed by atoms with Crippen LogP contribution in [0, 0.1) is 21.3 Å². The van der Waals surface area contributed by atoms with E-state index in [-0.39, 0.29) is 91.5 Å². The van der Waals surface area contributed by atoms with Gasteiger partial charge in [0.2, 0.25) is 0 Å². The molecule has 0 saturated heterocycles. The van der Waals surface area contributed by atoms with Crippen molar-refractivity contribution in [2.45, 2.75) is 13.8 Å². The molecule has 0 unspecified atom stereocenters. The second-order valence-corrected chi connectivity index (χ2v) is 0. The van der Waals surface area contributed by atoms with Crippen molar-refractivity contribution in [2.75, 3.05) is 0 Å². The standard InChI is InChI=1S/2C2H5.CH3.K.Y/c2*1-2;;;/h2*1H2,2H3;1H3;;/q3*-1;+1;. The van der Waals surface area contributed by atoms with Gasteiger partial charge in [0.1, 0.15) is 0 Å². The first-order chi connectivity index (χ1) is 2.00. The van der Waals surface area contributed by atoms with Gasteiger partial charge in [-0.15, -0.1) is 0 Å². The first-order valence-corrected chi connectivity index (χ1v) is 1.41. The van der Waals surface area contributed by atoms with Crippen LogP contribution in [0.3, 0.4) is 0 Å². The molecule has 0 rings (SSSR count). The average molecular weight is 201 g/mol. The largest absolute Gasteiger partial charge is 1.00 e. The minimum Gasteiger partial charge on any atom is -0.358 e. The summed E-state index contributed by atoms with van der Waals surface area (Å²) < 4.78 is 0.